The van der Waals surface area contributed by atoms with Crippen molar-refractivity contribution in [3.63, 3.8) is 0 Å². The second-order valence-electron chi connectivity index (χ2n) is 3.07. The van der Waals surface area contributed by atoms with Gasteiger partial charge in [0.2, 0.25) is 5.91 Å². The van der Waals surface area contributed by atoms with Gasteiger partial charge in [0.1, 0.15) is 0 Å². The predicted octanol–water partition coefficient (Wildman–Crippen LogP) is 1.03. The lowest BCUT2D eigenvalue weighted by atomic mass is 10.1. The molecule has 0 aromatic heterocycles. The molecular formula is C9H20N2O. The Morgan fingerprint density at radius 3 is 2.58 bits per heavy atom. The van der Waals surface area contributed by atoms with E-state index in [-0.39, 0.29) is 11.9 Å². The molecule has 0 aliphatic heterocycles. The molecular weight excluding hydrogens is 152 g/mol. The van der Waals surface area contributed by atoms with Crippen LogP contribution in [0.4, 0.5) is 0 Å². The maximum atomic E-state index is 10.6. The van der Waals surface area contributed by atoms with Crippen molar-refractivity contribution >= 4 is 5.91 Å². The predicted molar refractivity (Wildman–Crippen MR) is 50.8 cm³/mol. The van der Waals surface area contributed by atoms with Crippen molar-refractivity contribution in [3.8, 4) is 0 Å². The van der Waals surface area contributed by atoms with Gasteiger partial charge in [-0.1, -0.05) is 26.7 Å². The van der Waals surface area contributed by atoms with Crippen LogP contribution in [0.3, 0.4) is 0 Å². The van der Waals surface area contributed by atoms with E-state index in [1.807, 2.05) is 6.92 Å². The van der Waals surface area contributed by atoms with Crippen LogP contribution < -0.4 is 11.1 Å². The monoisotopic (exact) mass is 172 g/mol. The number of nitrogens with one attached hydrogen (secondary N) is 1. The third-order valence-electron chi connectivity index (χ3n) is 1.85. The van der Waals surface area contributed by atoms with Gasteiger partial charge < -0.3 is 11.1 Å². The summed E-state index contributed by atoms with van der Waals surface area (Å²) in [4.78, 5) is 10.6. The van der Waals surface area contributed by atoms with Crippen LogP contribution in [0.15, 0.2) is 0 Å². The smallest absolute Gasteiger partial charge is 0.218 e. The van der Waals surface area contributed by atoms with Gasteiger partial charge >= 0.3 is 0 Å². The summed E-state index contributed by atoms with van der Waals surface area (Å²) in [6.45, 7) is 5.09. The minimum atomic E-state index is -0.211. The van der Waals surface area contributed by atoms with Crippen molar-refractivity contribution in [1.82, 2.24) is 5.32 Å². The van der Waals surface area contributed by atoms with E-state index in [9.17, 15) is 4.79 Å². The van der Waals surface area contributed by atoms with Crippen LogP contribution in [-0.2, 0) is 4.79 Å². The van der Waals surface area contributed by atoms with Crippen molar-refractivity contribution in [2.24, 2.45) is 5.73 Å². The molecule has 0 fully saturated rings. The first-order valence-electron chi connectivity index (χ1n) is 4.72. The van der Waals surface area contributed by atoms with Crippen LogP contribution in [0, 0.1) is 0 Å². The fraction of sp³-hybridized carbons (Fsp3) is 0.889. The van der Waals surface area contributed by atoms with Crippen molar-refractivity contribution in [2.75, 3.05) is 6.54 Å². The molecule has 0 saturated carbocycles. The average molecular weight is 172 g/mol. The van der Waals surface area contributed by atoms with Gasteiger partial charge in [-0.15, -0.1) is 0 Å². The zero-order chi connectivity index (χ0) is 9.40. The Kier molecular flexibility index (Phi) is 6.76. The fourth-order valence-corrected chi connectivity index (χ4v) is 1.26. The molecule has 3 nitrogen and oxygen atoms in total. The third kappa shape index (κ3) is 6.16. The zero-order valence-electron chi connectivity index (χ0n) is 8.10. The Bertz CT molecular complexity index is 126. The molecule has 0 aromatic rings. The molecule has 0 rings (SSSR count). The highest BCUT2D eigenvalue weighted by Crippen LogP contribution is 2.03. The van der Waals surface area contributed by atoms with E-state index in [0.29, 0.717) is 6.42 Å². The Morgan fingerprint density at radius 2 is 2.17 bits per heavy atom. The van der Waals surface area contributed by atoms with Crippen molar-refractivity contribution < 1.29 is 4.79 Å². The number of unbranched alkanes of at least 4 members (excludes halogenated alkanes) is 1. The molecule has 12 heavy (non-hydrogen) atoms. The van der Waals surface area contributed by atoms with E-state index in [1.165, 1.54) is 6.42 Å². The Hall–Kier alpha value is -0.570. The molecule has 0 saturated heterocycles. The summed E-state index contributed by atoms with van der Waals surface area (Å²) in [7, 11) is 0. The molecule has 0 aromatic carbocycles. The highest BCUT2D eigenvalue weighted by molar-refractivity contribution is 5.74. The number of amides is 1. The third-order valence-corrected chi connectivity index (χ3v) is 1.85. The maximum absolute atomic E-state index is 10.6. The second-order valence-corrected chi connectivity index (χ2v) is 3.07. The molecule has 1 amide bonds. The molecule has 72 valence electrons. The minimum absolute atomic E-state index is 0.211. The summed E-state index contributed by atoms with van der Waals surface area (Å²) in [6.07, 6.45) is 3.84. The van der Waals surface area contributed by atoms with Crippen LogP contribution in [0.2, 0.25) is 0 Å². The van der Waals surface area contributed by atoms with Gasteiger partial charge in [0.05, 0.1) is 0 Å². The van der Waals surface area contributed by atoms with Crippen LogP contribution in [-0.4, -0.2) is 18.5 Å². The standard InChI is InChI=1S/C9H20N2O/c1-3-5-6-8(11-4-2)7-9(10)12/h8,11H,3-7H2,1-2H3,(H2,10,12). The summed E-state index contributed by atoms with van der Waals surface area (Å²) in [5, 5.41) is 3.25. The van der Waals surface area contributed by atoms with E-state index in [4.69, 9.17) is 5.73 Å². The summed E-state index contributed by atoms with van der Waals surface area (Å²) in [5.74, 6) is -0.211. The van der Waals surface area contributed by atoms with Crippen molar-refractivity contribution in [1.29, 1.82) is 0 Å². The maximum Gasteiger partial charge on any atom is 0.218 e. The van der Waals surface area contributed by atoms with Gasteiger partial charge in [0.25, 0.3) is 0 Å². The lowest BCUT2D eigenvalue weighted by molar-refractivity contribution is -0.118. The Balaban J connectivity index is 3.61. The number of rotatable bonds is 7. The van der Waals surface area contributed by atoms with E-state index in [0.717, 1.165) is 19.4 Å². The first-order valence-corrected chi connectivity index (χ1v) is 4.72. The lowest BCUT2D eigenvalue weighted by Crippen LogP contribution is -2.33. The van der Waals surface area contributed by atoms with Crippen LogP contribution in [0.5, 0.6) is 0 Å². The normalized spacial score (nSPS) is 12.8. The molecule has 1 atom stereocenters. The average Bonchev–Trinajstić information content (AvgIpc) is 2.00. The number of hydrogen-bond donors (Lipinski definition) is 2. The highest BCUT2D eigenvalue weighted by atomic mass is 16.1. The quantitative estimate of drug-likeness (QED) is 0.602. The Morgan fingerprint density at radius 1 is 1.50 bits per heavy atom. The van der Waals surface area contributed by atoms with Gasteiger partial charge in [-0.2, -0.15) is 0 Å². The Labute approximate surface area is 74.7 Å². The second kappa shape index (κ2) is 7.10. The van der Waals surface area contributed by atoms with Gasteiger partial charge in [0.15, 0.2) is 0 Å². The van der Waals surface area contributed by atoms with E-state index in [2.05, 4.69) is 12.2 Å². The molecule has 3 N–H and O–H groups in total. The number of carbonyl (C=O) groups is 1. The molecule has 0 bridgehead atoms. The molecule has 3 heteroatoms. The summed E-state index contributed by atoms with van der Waals surface area (Å²) in [5.41, 5.74) is 5.12. The number of nitrogens with two attached hydrogens (primary N) is 1. The SMILES string of the molecule is CCCCC(CC(N)=O)NCC. The van der Waals surface area contributed by atoms with Crippen molar-refractivity contribution in [2.45, 2.75) is 45.6 Å². The van der Waals surface area contributed by atoms with Crippen LogP contribution >= 0.6 is 0 Å². The molecule has 0 heterocycles. The minimum Gasteiger partial charge on any atom is -0.370 e. The zero-order valence-corrected chi connectivity index (χ0v) is 8.10. The molecule has 0 aliphatic carbocycles. The summed E-state index contributed by atoms with van der Waals surface area (Å²) >= 11 is 0. The number of carbonyl (C=O) groups excluding carboxylic acids is 1. The summed E-state index contributed by atoms with van der Waals surface area (Å²) < 4.78 is 0. The van der Waals surface area contributed by atoms with Gasteiger partial charge in [-0.3, -0.25) is 4.79 Å². The van der Waals surface area contributed by atoms with Crippen molar-refractivity contribution in [3.05, 3.63) is 0 Å². The molecule has 0 spiro atoms. The molecule has 0 radical (unpaired) electrons. The highest BCUT2D eigenvalue weighted by Gasteiger charge is 2.08. The number of hydrogen-bond acceptors (Lipinski definition) is 2. The van der Waals surface area contributed by atoms with Gasteiger partial charge in [-0.05, 0) is 13.0 Å². The van der Waals surface area contributed by atoms with E-state index >= 15 is 0 Å². The first-order chi connectivity index (χ1) is 5.70. The number of primary amides is 1. The van der Waals surface area contributed by atoms with Gasteiger partial charge in [-0.25, -0.2) is 0 Å². The largest absolute Gasteiger partial charge is 0.370 e. The van der Waals surface area contributed by atoms with E-state index in [1.54, 1.807) is 0 Å². The van der Waals surface area contributed by atoms with E-state index < -0.39 is 0 Å². The van der Waals surface area contributed by atoms with Gasteiger partial charge in [0, 0.05) is 12.5 Å². The molecule has 1 unspecified atom stereocenters. The summed E-state index contributed by atoms with van der Waals surface area (Å²) in [6, 6.07) is 0.285. The molecule has 0 aliphatic rings. The van der Waals surface area contributed by atoms with Crippen LogP contribution in [0.1, 0.15) is 39.5 Å². The lowest BCUT2D eigenvalue weighted by Gasteiger charge is -2.15. The van der Waals surface area contributed by atoms with Crippen LogP contribution in [0.25, 0.3) is 0 Å². The first kappa shape index (κ1) is 11.4. The fourth-order valence-electron chi connectivity index (χ4n) is 1.26. The topological polar surface area (TPSA) is 55.1 Å².